The lowest BCUT2D eigenvalue weighted by Gasteiger charge is -2.34. The third-order valence-electron chi connectivity index (χ3n) is 3.88. The number of rotatable bonds is 2. The van der Waals surface area contributed by atoms with Crippen LogP contribution in [-0.2, 0) is 0 Å². The van der Waals surface area contributed by atoms with Gasteiger partial charge in [0.15, 0.2) is 0 Å². The van der Waals surface area contributed by atoms with Crippen LogP contribution in [0.25, 0.3) is 11.3 Å². The van der Waals surface area contributed by atoms with Gasteiger partial charge in [-0.2, -0.15) is 5.10 Å². The Hall–Kier alpha value is -2.14. The first-order valence-corrected chi connectivity index (χ1v) is 7.28. The number of piperazine rings is 1. The largest absolute Gasteiger partial charge is 0.368 e. The molecule has 110 valence electrons. The summed E-state index contributed by atoms with van der Waals surface area (Å²) in [5, 5.41) is 10.0. The molecule has 2 N–H and O–H groups in total. The maximum atomic E-state index is 11.1. The minimum Gasteiger partial charge on any atom is -0.368 e. The van der Waals surface area contributed by atoms with Gasteiger partial charge in [-0.15, -0.1) is 0 Å². The number of H-pyrrole nitrogens is 1. The second-order valence-electron chi connectivity index (χ2n) is 5.61. The average molecular weight is 284 g/mol. The van der Waals surface area contributed by atoms with Crippen molar-refractivity contribution in [3.63, 3.8) is 0 Å². The van der Waals surface area contributed by atoms with Crippen LogP contribution in [0, 0.1) is 6.92 Å². The van der Waals surface area contributed by atoms with Crippen LogP contribution in [0.15, 0.2) is 35.1 Å². The van der Waals surface area contributed by atoms with Gasteiger partial charge in [-0.1, -0.05) is 6.07 Å². The number of aryl methyl sites for hydroxylation is 1. The maximum Gasteiger partial charge on any atom is 0.264 e. The molecule has 2 heterocycles. The van der Waals surface area contributed by atoms with Crippen LogP contribution < -0.4 is 15.8 Å². The third-order valence-corrected chi connectivity index (χ3v) is 3.88. The fourth-order valence-electron chi connectivity index (χ4n) is 2.83. The summed E-state index contributed by atoms with van der Waals surface area (Å²) in [6.45, 7) is 7.40. The molecule has 3 rings (SSSR count). The van der Waals surface area contributed by atoms with Crippen LogP contribution >= 0.6 is 0 Å². The van der Waals surface area contributed by atoms with Crippen LogP contribution in [-0.4, -0.2) is 35.9 Å². The molecule has 0 radical (unpaired) electrons. The molecule has 0 amide bonds. The summed E-state index contributed by atoms with van der Waals surface area (Å²) in [6, 6.07) is 10.1. The predicted octanol–water partition coefficient (Wildman–Crippen LogP) is 1.54. The van der Waals surface area contributed by atoms with E-state index in [0.29, 0.717) is 6.04 Å². The van der Waals surface area contributed by atoms with Crippen LogP contribution in [0.1, 0.15) is 12.5 Å². The second kappa shape index (κ2) is 5.69. The molecule has 1 fully saturated rings. The predicted molar refractivity (Wildman–Crippen MR) is 84.7 cm³/mol. The minimum atomic E-state index is -0.179. The standard InChI is InChI=1S/C16H20N4O/c1-11-9-13(14-4-6-16(21)19-18-14)3-5-15(11)20-8-7-17-12(2)10-20/h3-6,9,12,17H,7-8,10H2,1-2H3,(H,19,21)/t12-/m0/s1. The highest BCUT2D eigenvalue weighted by Crippen LogP contribution is 2.26. The molecular formula is C16H20N4O. The molecule has 21 heavy (non-hydrogen) atoms. The first-order chi connectivity index (χ1) is 10.1. The van der Waals surface area contributed by atoms with Crippen molar-refractivity contribution in [1.29, 1.82) is 0 Å². The van der Waals surface area contributed by atoms with Gasteiger partial charge in [0.25, 0.3) is 5.56 Å². The highest BCUT2D eigenvalue weighted by atomic mass is 16.1. The molecule has 5 nitrogen and oxygen atoms in total. The molecule has 0 unspecified atom stereocenters. The summed E-state index contributed by atoms with van der Waals surface area (Å²) < 4.78 is 0. The van der Waals surface area contributed by atoms with Crippen molar-refractivity contribution in [1.82, 2.24) is 15.5 Å². The van der Waals surface area contributed by atoms with E-state index in [4.69, 9.17) is 0 Å². The van der Waals surface area contributed by atoms with Gasteiger partial charge in [0.1, 0.15) is 0 Å². The number of nitrogens with one attached hydrogen (secondary N) is 2. The van der Waals surface area contributed by atoms with E-state index in [2.05, 4.69) is 52.5 Å². The van der Waals surface area contributed by atoms with E-state index in [9.17, 15) is 4.79 Å². The fourth-order valence-corrected chi connectivity index (χ4v) is 2.83. The summed E-state index contributed by atoms with van der Waals surface area (Å²) in [5.41, 5.74) is 4.14. The Balaban J connectivity index is 1.89. The van der Waals surface area contributed by atoms with Gasteiger partial charge in [-0.3, -0.25) is 4.79 Å². The zero-order chi connectivity index (χ0) is 14.8. The Morgan fingerprint density at radius 2 is 2.14 bits per heavy atom. The first kappa shape index (κ1) is 13.8. The molecule has 5 heteroatoms. The second-order valence-corrected chi connectivity index (χ2v) is 5.61. The van der Waals surface area contributed by atoms with Gasteiger partial charge >= 0.3 is 0 Å². The van der Waals surface area contributed by atoms with E-state index in [0.717, 1.165) is 30.9 Å². The van der Waals surface area contributed by atoms with E-state index in [1.165, 1.54) is 17.3 Å². The smallest absolute Gasteiger partial charge is 0.264 e. The van der Waals surface area contributed by atoms with Crippen LogP contribution in [0.4, 0.5) is 5.69 Å². The topological polar surface area (TPSA) is 61.0 Å². The summed E-state index contributed by atoms with van der Waals surface area (Å²) in [7, 11) is 0. The Morgan fingerprint density at radius 3 is 2.81 bits per heavy atom. The van der Waals surface area contributed by atoms with Crippen molar-refractivity contribution in [3.05, 3.63) is 46.2 Å². The van der Waals surface area contributed by atoms with Crippen molar-refractivity contribution in [3.8, 4) is 11.3 Å². The first-order valence-electron chi connectivity index (χ1n) is 7.28. The monoisotopic (exact) mass is 284 g/mol. The quantitative estimate of drug-likeness (QED) is 0.878. The number of aromatic nitrogens is 2. The fraction of sp³-hybridized carbons (Fsp3) is 0.375. The Kier molecular flexibility index (Phi) is 3.75. The van der Waals surface area contributed by atoms with E-state index in [-0.39, 0.29) is 5.56 Å². The van der Waals surface area contributed by atoms with Gasteiger partial charge in [0.2, 0.25) is 0 Å². The normalized spacial score (nSPS) is 18.8. The van der Waals surface area contributed by atoms with Gasteiger partial charge in [0, 0.05) is 43.0 Å². The number of hydrogen-bond donors (Lipinski definition) is 2. The lowest BCUT2D eigenvalue weighted by atomic mass is 10.0. The van der Waals surface area contributed by atoms with Crippen LogP contribution in [0.3, 0.4) is 0 Å². The number of benzene rings is 1. The Bertz CT molecular complexity index is 674. The molecule has 1 aliphatic heterocycles. The van der Waals surface area contributed by atoms with Crippen LogP contribution in [0.5, 0.6) is 0 Å². The molecule has 2 aromatic rings. The molecular weight excluding hydrogens is 264 g/mol. The molecule has 0 spiro atoms. The third kappa shape index (κ3) is 2.97. The number of hydrogen-bond acceptors (Lipinski definition) is 4. The lowest BCUT2D eigenvalue weighted by Crippen LogP contribution is -2.49. The summed E-state index contributed by atoms with van der Waals surface area (Å²) in [6.07, 6.45) is 0. The van der Waals surface area contributed by atoms with Gasteiger partial charge < -0.3 is 10.2 Å². The SMILES string of the molecule is Cc1cc(-c2ccc(=O)[nH]n2)ccc1N1CCN[C@@H](C)C1. The summed E-state index contributed by atoms with van der Waals surface area (Å²) in [4.78, 5) is 13.5. The van der Waals surface area contributed by atoms with E-state index in [1.807, 2.05) is 0 Å². The highest BCUT2D eigenvalue weighted by Gasteiger charge is 2.17. The zero-order valence-electron chi connectivity index (χ0n) is 12.4. The molecule has 1 aromatic carbocycles. The zero-order valence-corrected chi connectivity index (χ0v) is 12.4. The number of anilines is 1. The van der Waals surface area contributed by atoms with E-state index in [1.54, 1.807) is 6.07 Å². The van der Waals surface area contributed by atoms with Crippen molar-refractivity contribution >= 4 is 5.69 Å². The Morgan fingerprint density at radius 1 is 1.29 bits per heavy atom. The molecule has 0 aliphatic carbocycles. The van der Waals surface area contributed by atoms with Crippen molar-refractivity contribution in [2.24, 2.45) is 0 Å². The van der Waals surface area contributed by atoms with Gasteiger partial charge in [0.05, 0.1) is 5.69 Å². The van der Waals surface area contributed by atoms with Crippen LogP contribution in [0.2, 0.25) is 0 Å². The van der Waals surface area contributed by atoms with Gasteiger partial charge in [-0.05, 0) is 37.6 Å². The average Bonchev–Trinajstić information content (AvgIpc) is 2.48. The molecule has 1 aromatic heterocycles. The van der Waals surface area contributed by atoms with Crippen molar-refractivity contribution < 1.29 is 0 Å². The lowest BCUT2D eigenvalue weighted by molar-refractivity contribution is 0.484. The highest BCUT2D eigenvalue weighted by molar-refractivity contribution is 5.66. The Labute approximate surface area is 124 Å². The number of nitrogens with zero attached hydrogens (tertiary/aromatic N) is 2. The van der Waals surface area contributed by atoms with Crippen molar-refractivity contribution in [2.45, 2.75) is 19.9 Å². The summed E-state index contributed by atoms with van der Waals surface area (Å²) >= 11 is 0. The molecule has 1 atom stereocenters. The molecule has 0 bridgehead atoms. The van der Waals surface area contributed by atoms with E-state index < -0.39 is 0 Å². The minimum absolute atomic E-state index is 0.179. The number of aromatic amines is 1. The maximum absolute atomic E-state index is 11.1. The molecule has 1 aliphatic rings. The van der Waals surface area contributed by atoms with Crippen molar-refractivity contribution in [2.75, 3.05) is 24.5 Å². The van der Waals surface area contributed by atoms with E-state index >= 15 is 0 Å². The molecule has 0 saturated carbocycles. The van der Waals surface area contributed by atoms with Gasteiger partial charge in [-0.25, -0.2) is 5.10 Å². The summed E-state index contributed by atoms with van der Waals surface area (Å²) in [5.74, 6) is 0. The molecule has 1 saturated heterocycles.